The van der Waals surface area contributed by atoms with Crippen molar-refractivity contribution in [3.8, 4) is 5.75 Å². The van der Waals surface area contributed by atoms with Crippen LogP contribution in [0.4, 0.5) is 13.2 Å². The van der Waals surface area contributed by atoms with Crippen LogP contribution in [0.3, 0.4) is 0 Å². The molecule has 3 aromatic rings. The number of hydrogen-bond acceptors (Lipinski definition) is 5. The second-order valence-electron chi connectivity index (χ2n) is 7.31. The van der Waals surface area contributed by atoms with Crippen LogP contribution in [-0.4, -0.2) is 34.2 Å². The van der Waals surface area contributed by atoms with E-state index in [1.807, 2.05) is 18.3 Å². The fourth-order valence-electron chi connectivity index (χ4n) is 3.70. The van der Waals surface area contributed by atoms with Gasteiger partial charge in [-0.25, -0.2) is 0 Å². The average Bonchev–Trinajstić information content (AvgIpc) is 3.26. The van der Waals surface area contributed by atoms with Gasteiger partial charge in [-0.15, -0.1) is 11.3 Å². The Hall–Kier alpha value is -2.42. The topological polar surface area (TPSA) is 45.6 Å². The zero-order valence-electron chi connectivity index (χ0n) is 16.0. The van der Waals surface area contributed by atoms with Crippen LogP contribution in [-0.2, 0) is 19.1 Å². The largest absolute Gasteiger partial charge is 0.491 e. The molecule has 158 valence electrons. The fraction of sp³-hybridized carbons (Fsp3) is 0.318. The Labute approximate surface area is 176 Å². The molecule has 0 spiro atoms. The molecule has 30 heavy (non-hydrogen) atoms. The summed E-state index contributed by atoms with van der Waals surface area (Å²) in [6, 6.07) is 12.9. The van der Waals surface area contributed by atoms with Gasteiger partial charge in [0, 0.05) is 24.2 Å². The zero-order valence-corrected chi connectivity index (χ0v) is 16.9. The molecule has 1 aliphatic rings. The van der Waals surface area contributed by atoms with Gasteiger partial charge in [-0.2, -0.15) is 13.2 Å². The van der Waals surface area contributed by atoms with E-state index in [1.54, 1.807) is 16.8 Å². The summed E-state index contributed by atoms with van der Waals surface area (Å²) in [5.74, 6) is 0.296. The molecule has 0 saturated carbocycles. The summed E-state index contributed by atoms with van der Waals surface area (Å²) < 4.78 is 43.5. The smallest absolute Gasteiger partial charge is 0.416 e. The highest BCUT2D eigenvalue weighted by Gasteiger charge is 2.31. The fourth-order valence-corrected chi connectivity index (χ4v) is 4.45. The summed E-state index contributed by atoms with van der Waals surface area (Å²) in [6.45, 7) is 1.09. The van der Waals surface area contributed by atoms with Crippen molar-refractivity contribution in [1.82, 2.24) is 9.88 Å². The molecule has 1 aliphatic heterocycles. The second kappa shape index (κ2) is 8.75. The summed E-state index contributed by atoms with van der Waals surface area (Å²) in [5, 5.41) is 10.6. The number of aromatic nitrogens is 1. The van der Waals surface area contributed by atoms with E-state index < -0.39 is 17.8 Å². The SMILES string of the molecule is OC(COc1ccc(C(F)(F)F)cc1)CN1Cc2ccccc2CC1c1cncs1. The van der Waals surface area contributed by atoms with Crippen LogP contribution in [0.25, 0.3) is 0 Å². The van der Waals surface area contributed by atoms with Crippen molar-refractivity contribution < 1.29 is 23.0 Å². The first-order valence-corrected chi connectivity index (χ1v) is 10.5. The minimum absolute atomic E-state index is 0.00107. The number of rotatable bonds is 6. The first-order chi connectivity index (χ1) is 14.4. The molecule has 2 atom stereocenters. The molecule has 0 fully saturated rings. The van der Waals surface area contributed by atoms with Crippen molar-refractivity contribution in [1.29, 1.82) is 0 Å². The van der Waals surface area contributed by atoms with Crippen molar-refractivity contribution >= 4 is 11.3 Å². The molecule has 2 unspecified atom stereocenters. The number of aliphatic hydroxyl groups is 1. The van der Waals surface area contributed by atoms with Crippen LogP contribution in [0.5, 0.6) is 5.75 Å². The number of nitrogens with zero attached hydrogens (tertiary/aromatic N) is 2. The van der Waals surface area contributed by atoms with Crippen LogP contribution in [0.1, 0.15) is 27.6 Å². The molecular weight excluding hydrogens is 413 g/mol. The van der Waals surface area contributed by atoms with Gasteiger partial charge in [-0.3, -0.25) is 9.88 Å². The molecule has 0 aliphatic carbocycles. The number of fused-ring (bicyclic) bond motifs is 1. The number of β-amino-alcohol motifs (C(OH)–C–C–N with tert-alkyl or cyclic N) is 1. The third kappa shape index (κ3) is 4.83. The van der Waals surface area contributed by atoms with E-state index in [2.05, 4.69) is 22.0 Å². The van der Waals surface area contributed by atoms with E-state index in [-0.39, 0.29) is 12.6 Å². The lowest BCUT2D eigenvalue weighted by Crippen LogP contribution is -2.40. The van der Waals surface area contributed by atoms with E-state index >= 15 is 0 Å². The minimum Gasteiger partial charge on any atom is -0.491 e. The van der Waals surface area contributed by atoms with Crippen molar-refractivity contribution in [3.63, 3.8) is 0 Å². The number of aliphatic hydroxyl groups excluding tert-OH is 1. The van der Waals surface area contributed by atoms with Crippen molar-refractivity contribution in [2.75, 3.05) is 13.2 Å². The van der Waals surface area contributed by atoms with Crippen LogP contribution in [0, 0.1) is 0 Å². The molecule has 0 amide bonds. The lowest BCUT2D eigenvalue weighted by Gasteiger charge is -2.37. The average molecular weight is 434 g/mol. The number of ether oxygens (including phenoxy) is 1. The zero-order chi connectivity index (χ0) is 21.1. The van der Waals surface area contributed by atoms with E-state index in [0.717, 1.165) is 23.4 Å². The predicted molar refractivity (Wildman–Crippen MR) is 108 cm³/mol. The Bertz CT molecular complexity index is 961. The predicted octanol–water partition coefficient (Wildman–Crippen LogP) is 4.70. The van der Waals surface area contributed by atoms with Gasteiger partial charge in [0.05, 0.1) is 17.1 Å². The Kier molecular flexibility index (Phi) is 6.08. The van der Waals surface area contributed by atoms with Crippen molar-refractivity contribution in [2.24, 2.45) is 0 Å². The molecule has 1 aromatic heterocycles. The van der Waals surface area contributed by atoms with Crippen LogP contribution >= 0.6 is 11.3 Å². The van der Waals surface area contributed by atoms with Crippen molar-refractivity contribution in [2.45, 2.75) is 31.3 Å². The maximum absolute atomic E-state index is 12.7. The molecule has 2 aromatic carbocycles. The van der Waals surface area contributed by atoms with Crippen LogP contribution in [0.2, 0.25) is 0 Å². The Balaban J connectivity index is 1.40. The van der Waals surface area contributed by atoms with E-state index in [4.69, 9.17) is 4.74 Å². The van der Waals surface area contributed by atoms with Gasteiger partial charge in [-0.1, -0.05) is 24.3 Å². The summed E-state index contributed by atoms with van der Waals surface area (Å²) in [6.07, 6.45) is -2.46. The molecule has 4 nitrogen and oxygen atoms in total. The number of alkyl halides is 3. The lowest BCUT2D eigenvalue weighted by molar-refractivity contribution is -0.137. The second-order valence-corrected chi connectivity index (χ2v) is 8.23. The molecule has 0 radical (unpaired) electrons. The van der Waals surface area contributed by atoms with Gasteiger partial charge < -0.3 is 9.84 Å². The Morgan fingerprint density at radius 2 is 1.87 bits per heavy atom. The summed E-state index contributed by atoms with van der Waals surface area (Å²) in [5.41, 5.74) is 3.60. The van der Waals surface area contributed by atoms with Gasteiger partial charge in [0.25, 0.3) is 0 Å². The quantitative estimate of drug-likeness (QED) is 0.611. The number of thiazole rings is 1. The highest BCUT2D eigenvalue weighted by Crippen LogP contribution is 2.35. The number of benzene rings is 2. The van der Waals surface area contributed by atoms with Crippen molar-refractivity contribution in [3.05, 3.63) is 81.8 Å². The Morgan fingerprint density at radius 1 is 1.13 bits per heavy atom. The third-order valence-electron chi connectivity index (χ3n) is 5.19. The third-order valence-corrected chi connectivity index (χ3v) is 6.07. The van der Waals surface area contributed by atoms with Crippen LogP contribution in [0.15, 0.2) is 60.2 Å². The number of hydrogen-bond donors (Lipinski definition) is 1. The number of halogens is 3. The lowest BCUT2D eigenvalue weighted by atomic mass is 9.93. The van der Waals surface area contributed by atoms with E-state index in [1.165, 1.54) is 23.3 Å². The molecule has 2 heterocycles. The summed E-state index contributed by atoms with van der Waals surface area (Å²) in [4.78, 5) is 7.54. The molecular formula is C22H21F3N2O2S. The van der Waals surface area contributed by atoms with Crippen LogP contribution < -0.4 is 4.74 Å². The van der Waals surface area contributed by atoms with Gasteiger partial charge in [0.1, 0.15) is 18.5 Å². The van der Waals surface area contributed by atoms with E-state index in [0.29, 0.717) is 18.8 Å². The molecule has 8 heteroatoms. The van der Waals surface area contributed by atoms with Gasteiger partial charge in [0.15, 0.2) is 0 Å². The first kappa shape index (κ1) is 20.8. The maximum Gasteiger partial charge on any atom is 0.416 e. The maximum atomic E-state index is 12.7. The highest BCUT2D eigenvalue weighted by molar-refractivity contribution is 7.09. The van der Waals surface area contributed by atoms with E-state index in [9.17, 15) is 18.3 Å². The van der Waals surface area contributed by atoms with Gasteiger partial charge in [0.2, 0.25) is 0 Å². The highest BCUT2D eigenvalue weighted by atomic mass is 32.1. The molecule has 0 saturated heterocycles. The molecule has 0 bridgehead atoms. The first-order valence-electron chi connectivity index (χ1n) is 9.57. The monoisotopic (exact) mass is 434 g/mol. The van der Waals surface area contributed by atoms with Gasteiger partial charge >= 0.3 is 6.18 Å². The molecule has 4 rings (SSSR count). The Morgan fingerprint density at radius 3 is 2.53 bits per heavy atom. The summed E-state index contributed by atoms with van der Waals surface area (Å²) in [7, 11) is 0. The van der Waals surface area contributed by atoms with Gasteiger partial charge in [-0.05, 0) is 41.8 Å². The summed E-state index contributed by atoms with van der Waals surface area (Å²) >= 11 is 1.59. The normalized spacial score (nSPS) is 18.1. The minimum atomic E-state index is -4.38. The standard InChI is InChI=1S/C22H21F3N2O2S/c23-22(24,25)17-5-7-19(8-6-17)29-13-18(28)12-27-11-16-4-2-1-3-15(16)9-20(27)21-10-26-14-30-21/h1-8,10,14,18,20,28H,9,11-13H2. The molecule has 1 N–H and O–H groups in total.